The van der Waals surface area contributed by atoms with E-state index in [0.717, 1.165) is 0 Å². The third-order valence-electron chi connectivity index (χ3n) is 1.54. The molecule has 12 heavy (non-hydrogen) atoms. The average Bonchev–Trinajstić information content (AvgIpc) is 2.08. The Balaban J connectivity index is 4.29. The minimum absolute atomic E-state index is 0.698. The van der Waals surface area contributed by atoms with E-state index in [1.54, 1.807) is 21.3 Å². The van der Waals surface area contributed by atoms with Gasteiger partial charge in [0.05, 0.1) is 8.80 Å². The summed E-state index contributed by atoms with van der Waals surface area (Å²) in [5, 5.41) is 0. The first-order chi connectivity index (χ1) is 5.60. The summed E-state index contributed by atoms with van der Waals surface area (Å²) in [5.41, 5.74) is 4.13. The largest absolute Gasteiger partial charge is 0.528 e. The van der Waals surface area contributed by atoms with Gasteiger partial charge >= 0.3 is 8.80 Å². The van der Waals surface area contributed by atoms with Crippen molar-refractivity contribution in [2.45, 2.75) is 13.1 Å². The molecule has 0 fully saturated rings. The Morgan fingerprint density at radius 2 is 1.42 bits per heavy atom. The minimum atomic E-state index is -2.43. The summed E-state index contributed by atoms with van der Waals surface area (Å²) in [6, 6.07) is 0. The second-order valence-corrected chi connectivity index (χ2v) is 8.46. The molecule has 0 bridgehead atoms. The summed E-state index contributed by atoms with van der Waals surface area (Å²) >= 11 is 0. The standard InChI is InChI=1S/C7H18O3Si2/c1-8-12(9-2,10-3)7-6-11(4)5/h6-7,11H,1-5H3/b7-6+. The van der Waals surface area contributed by atoms with Crippen molar-refractivity contribution in [3.63, 3.8) is 0 Å². The van der Waals surface area contributed by atoms with E-state index in [2.05, 4.69) is 18.8 Å². The van der Waals surface area contributed by atoms with Crippen LogP contribution in [0.2, 0.25) is 13.1 Å². The van der Waals surface area contributed by atoms with E-state index in [-0.39, 0.29) is 0 Å². The van der Waals surface area contributed by atoms with E-state index in [1.165, 1.54) is 0 Å². The lowest BCUT2D eigenvalue weighted by Crippen LogP contribution is -2.41. The van der Waals surface area contributed by atoms with Crippen molar-refractivity contribution in [2.75, 3.05) is 21.3 Å². The molecule has 72 valence electrons. The predicted octanol–water partition coefficient (Wildman–Crippen LogP) is 0.986. The van der Waals surface area contributed by atoms with E-state index in [9.17, 15) is 0 Å². The molecule has 5 heteroatoms. The highest BCUT2D eigenvalue weighted by Gasteiger charge is 2.34. The number of hydrogen-bond acceptors (Lipinski definition) is 3. The van der Waals surface area contributed by atoms with Crippen LogP contribution in [0.1, 0.15) is 0 Å². The Morgan fingerprint density at radius 3 is 1.67 bits per heavy atom. The molecule has 0 aliphatic rings. The molecule has 0 radical (unpaired) electrons. The Kier molecular flexibility index (Phi) is 5.68. The maximum Gasteiger partial charge on any atom is 0.528 e. The lowest BCUT2D eigenvalue weighted by Gasteiger charge is -2.20. The van der Waals surface area contributed by atoms with E-state index < -0.39 is 17.6 Å². The highest BCUT2D eigenvalue weighted by atomic mass is 28.4. The van der Waals surface area contributed by atoms with Gasteiger partial charge in [-0.3, -0.25) is 0 Å². The molecule has 0 saturated heterocycles. The topological polar surface area (TPSA) is 27.7 Å². The van der Waals surface area contributed by atoms with Crippen molar-refractivity contribution in [1.29, 1.82) is 0 Å². The zero-order chi connectivity index (χ0) is 9.61. The summed E-state index contributed by atoms with van der Waals surface area (Å²) in [6.45, 7) is 4.47. The maximum atomic E-state index is 5.22. The van der Waals surface area contributed by atoms with E-state index in [4.69, 9.17) is 13.3 Å². The minimum Gasteiger partial charge on any atom is -0.374 e. The van der Waals surface area contributed by atoms with Crippen LogP contribution in [-0.2, 0) is 13.3 Å². The van der Waals surface area contributed by atoms with Gasteiger partial charge in [0.2, 0.25) is 0 Å². The molecule has 0 rings (SSSR count). The van der Waals surface area contributed by atoms with Crippen molar-refractivity contribution < 1.29 is 13.3 Å². The van der Waals surface area contributed by atoms with Gasteiger partial charge in [-0.2, -0.15) is 0 Å². The summed E-state index contributed by atoms with van der Waals surface area (Å²) in [7, 11) is 1.73. The van der Waals surface area contributed by atoms with Crippen molar-refractivity contribution in [2.24, 2.45) is 0 Å². The fourth-order valence-electron chi connectivity index (χ4n) is 0.764. The van der Waals surface area contributed by atoms with Gasteiger partial charge in [0.25, 0.3) is 0 Å². The van der Waals surface area contributed by atoms with Gasteiger partial charge in [0.1, 0.15) is 0 Å². The number of hydrogen-bond donors (Lipinski definition) is 0. The van der Waals surface area contributed by atoms with Crippen LogP contribution in [0.5, 0.6) is 0 Å². The third-order valence-corrected chi connectivity index (χ3v) is 5.19. The van der Waals surface area contributed by atoms with Crippen LogP contribution in [0.4, 0.5) is 0 Å². The molecule has 0 aliphatic heterocycles. The molecular formula is C7H18O3Si2. The van der Waals surface area contributed by atoms with Gasteiger partial charge in [-0.15, -0.1) is 0 Å². The molecule has 3 nitrogen and oxygen atoms in total. The lowest BCUT2D eigenvalue weighted by atomic mass is 11.2. The molecule has 0 heterocycles. The van der Waals surface area contributed by atoms with Crippen LogP contribution in [0.25, 0.3) is 0 Å². The molecule has 0 aliphatic carbocycles. The first-order valence-electron chi connectivity index (χ1n) is 3.95. The van der Waals surface area contributed by atoms with Crippen molar-refractivity contribution in [1.82, 2.24) is 0 Å². The summed E-state index contributed by atoms with van der Waals surface area (Å²) < 4.78 is 15.6. The molecule has 0 aromatic rings. The van der Waals surface area contributed by atoms with Gasteiger partial charge in [0, 0.05) is 21.3 Å². The fourth-order valence-corrected chi connectivity index (χ4v) is 4.16. The highest BCUT2D eigenvalue weighted by Crippen LogP contribution is 2.07. The zero-order valence-corrected chi connectivity index (χ0v) is 10.6. The quantitative estimate of drug-likeness (QED) is 0.628. The van der Waals surface area contributed by atoms with Gasteiger partial charge in [-0.25, -0.2) is 0 Å². The van der Waals surface area contributed by atoms with Crippen LogP contribution < -0.4 is 0 Å². The third kappa shape index (κ3) is 3.64. The smallest absolute Gasteiger partial charge is 0.374 e. The van der Waals surface area contributed by atoms with Crippen molar-refractivity contribution >= 4 is 17.6 Å². The summed E-state index contributed by atoms with van der Waals surface area (Å²) in [6.07, 6.45) is 0. The van der Waals surface area contributed by atoms with Gasteiger partial charge in [-0.05, 0) is 5.70 Å². The molecule has 0 saturated carbocycles. The van der Waals surface area contributed by atoms with Gasteiger partial charge in [-0.1, -0.05) is 18.8 Å². The molecule has 0 spiro atoms. The van der Waals surface area contributed by atoms with Crippen LogP contribution >= 0.6 is 0 Å². The van der Waals surface area contributed by atoms with E-state index in [1.807, 2.05) is 5.70 Å². The Bertz CT molecular complexity index is 135. The summed E-state index contributed by atoms with van der Waals surface area (Å²) in [5.74, 6) is 0. The van der Waals surface area contributed by atoms with E-state index in [0.29, 0.717) is 0 Å². The molecular weight excluding hydrogens is 188 g/mol. The molecule has 0 atom stereocenters. The van der Waals surface area contributed by atoms with Crippen molar-refractivity contribution in [3.05, 3.63) is 11.4 Å². The second-order valence-electron chi connectivity index (χ2n) is 2.82. The van der Waals surface area contributed by atoms with Crippen LogP contribution in [0, 0.1) is 0 Å². The Morgan fingerprint density at radius 1 is 1.00 bits per heavy atom. The van der Waals surface area contributed by atoms with Crippen LogP contribution in [-0.4, -0.2) is 38.9 Å². The predicted molar refractivity (Wildman–Crippen MR) is 54.8 cm³/mol. The lowest BCUT2D eigenvalue weighted by molar-refractivity contribution is 0.138. The first kappa shape index (κ1) is 12.1. The maximum absolute atomic E-state index is 5.22. The summed E-state index contributed by atoms with van der Waals surface area (Å²) in [4.78, 5) is 0. The number of rotatable bonds is 5. The highest BCUT2D eigenvalue weighted by molar-refractivity contribution is 6.70. The zero-order valence-electron chi connectivity index (χ0n) is 8.46. The van der Waals surface area contributed by atoms with Gasteiger partial charge < -0.3 is 13.3 Å². The normalized spacial score (nSPS) is 13.2. The van der Waals surface area contributed by atoms with Crippen LogP contribution in [0.15, 0.2) is 11.4 Å². The molecule has 0 aromatic carbocycles. The molecule has 0 aromatic heterocycles. The first-order valence-corrected chi connectivity index (χ1v) is 8.73. The Hall–Kier alpha value is 0.0538. The molecule has 0 unspecified atom stereocenters. The average molecular weight is 206 g/mol. The molecule has 0 N–H and O–H groups in total. The van der Waals surface area contributed by atoms with Gasteiger partial charge in [0.15, 0.2) is 0 Å². The van der Waals surface area contributed by atoms with Crippen LogP contribution in [0.3, 0.4) is 0 Å². The second kappa shape index (κ2) is 5.66. The monoisotopic (exact) mass is 206 g/mol. The molecule has 0 amide bonds. The van der Waals surface area contributed by atoms with Crippen molar-refractivity contribution in [3.8, 4) is 0 Å². The van der Waals surface area contributed by atoms with E-state index >= 15 is 0 Å². The SMILES string of the molecule is CO[Si](/C=C/[SiH](C)C)(OC)OC. The Labute approximate surface area is 77.3 Å². The fraction of sp³-hybridized carbons (Fsp3) is 0.714.